The molecule has 0 radical (unpaired) electrons. The Labute approximate surface area is 93.2 Å². The maximum atomic E-state index is 11.8. The van der Waals surface area contributed by atoms with Gasteiger partial charge in [-0.3, -0.25) is 9.59 Å². The third-order valence-electron chi connectivity index (χ3n) is 2.58. The second kappa shape index (κ2) is 3.96. The number of Topliss-reactive ketones (excluding diaryl/α,β-unsaturated/α-hetero) is 1. The molecule has 1 aromatic carbocycles. The van der Waals surface area contributed by atoms with Gasteiger partial charge in [-0.1, -0.05) is 0 Å². The van der Waals surface area contributed by atoms with E-state index < -0.39 is 12.1 Å². The van der Waals surface area contributed by atoms with Crippen LogP contribution in [-0.4, -0.2) is 25.0 Å². The van der Waals surface area contributed by atoms with Crippen LogP contribution < -0.4 is 4.74 Å². The summed E-state index contributed by atoms with van der Waals surface area (Å²) in [6.45, 7) is 1.30. The average molecular weight is 220 g/mol. The maximum absolute atomic E-state index is 11.8. The Hall–Kier alpha value is -1.84. The summed E-state index contributed by atoms with van der Waals surface area (Å²) >= 11 is 0. The molecule has 1 atom stereocenters. The van der Waals surface area contributed by atoms with Crippen LogP contribution in [-0.2, 0) is 16.0 Å². The van der Waals surface area contributed by atoms with E-state index >= 15 is 0 Å². The standard InChI is InChI=1S/C12H12O4/c1-7(13)16-11-6-8-5-9(15-2)3-4-10(8)12(11)14/h3-5,11H,6H2,1-2H3. The van der Waals surface area contributed by atoms with Gasteiger partial charge in [0.05, 0.1) is 7.11 Å². The molecule has 4 heteroatoms. The molecule has 1 unspecified atom stereocenters. The smallest absolute Gasteiger partial charge is 0.303 e. The van der Waals surface area contributed by atoms with Gasteiger partial charge >= 0.3 is 5.97 Å². The molecule has 0 fully saturated rings. The SMILES string of the molecule is COc1ccc2c(c1)CC(OC(C)=O)C2=O. The Morgan fingerprint density at radius 1 is 1.44 bits per heavy atom. The number of methoxy groups -OCH3 is 1. The van der Waals surface area contributed by atoms with E-state index in [2.05, 4.69) is 0 Å². The van der Waals surface area contributed by atoms with Gasteiger partial charge in [0.1, 0.15) is 5.75 Å². The normalized spacial score (nSPS) is 18.1. The van der Waals surface area contributed by atoms with Gasteiger partial charge in [-0.05, 0) is 23.8 Å². The number of fused-ring (bicyclic) bond motifs is 1. The van der Waals surface area contributed by atoms with Crippen molar-refractivity contribution in [2.24, 2.45) is 0 Å². The fourth-order valence-corrected chi connectivity index (χ4v) is 1.87. The zero-order chi connectivity index (χ0) is 11.7. The van der Waals surface area contributed by atoms with Crippen molar-refractivity contribution in [3.8, 4) is 5.75 Å². The molecule has 0 saturated carbocycles. The van der Waals surface area contributed by atoms with Gasteiger partial charge < -0.3 is 9.47 Å². The summed E-state index contributed by atoms with van der Waals surface area (Å²) in [4.78, 5) is 22.6. The molecule has 0 aliphatic heterocycles. The van der Waals surface area contributed by atoms with E-state index in [0.29, 0.717) is 17.7 Å². The fourth-order valence-electron chi connectivity index (χ4n) is 1.87. The highest BCUT2D eigenvalue weighted by atomic mass is 16.5. The Balaban J connectivity index is 2.27. The van der Waals surface area contributed by atoms with Gasteiger partial charge in [-0.25, -0.2) is 0 Å². The Morgan fingerprint density at radius 2 is 2.19 bits per heavy atom. The Kier molecular flexibility index (Phi) is 2.64. The number of carbonyl (C=O) groups is 2. The largest absolute Gasteiger partial charge is 0.497 e. The van der Waals surface area contributed by atoms with Crippen LogP contribution in [0, 0.1) is 0 Å². The predicted octanol–water partition coefficient (Wildman–Crippen LogP) is 1.37. The van der Waals surface area contributed by atoms with Gasteiger partial charge in [0.15, 0.2) is 6.10 Å². The van der Waals surface area contributed by atoms with E-state index in [9.17, 15) is 9.59 Å². The minimum atomic E-state index is -0.667. The van der Waals surface area contributed by atoms with E-state index in [0.717, 1.165) is 5.56 Å². The lowest BCUT2D eigenvalue weighted by molar-refractivity contribution is -0.144. The van der Waals surface area contributed by atoms with Crippen LogP contribution in [0.2, 0.25) is 0 Å². The predicted molar refractivity (Wildman–Crippen MR) is 56.6 cm³/mol. The number of ether oxygens (including phenoxy) is 2. The van der Waals surface area contributed by atoms with E-state index in [-0.39, 0.29) is 5.78 Å². The molecule has 1 aliphatic carbocycles. The van der Waals surface area contributed by atoms with E-state index in [1.54, 1.807) is 25.3 Å². The van der Waals surface area contributed by atoms with Crippen LogP contribution in [0.15, 0.2) is 18.2 Å². The second-order valence-electron chi connectivity index (χ2n) is 3.69. The Morgan fingerprint density at radius 3 is 2.81 bits per heavy atom. The number of rotatable bonds is 2. The van der Waals surface area contributed by atoms with E-state index in [4.69, 9.17) is 9.47 Å². The summed E-state index contributed by atoms with van der Waals surface area (Å²) in [6.07, 6.45) is -0.232. The zero-order valence-electron chi connectivity index (χ0n) is 9.15. The number of hydrogen-bond acceptors (Lipinski definition) is 4. The second-order valence-corrected chi connectivity index (χ2v) is 3.69. The summed E-state index contributed by atoms with van der Waals surface area (Å²) in [7, 11) is 1.57. The molecule has 0 amide bonds. The molecule has 0 aromatic heterocycles. The summed E-state index contributed by atoms with van der Waals surface area (Å²) in [6, 6.07) is 5.24. The monoisotopic (exact) mass is 220 g/mol. The number of hydrogen-bond donors (Lipinski definition) is 0. The first-order valence-corrected chi connectivity index (χ1v) is 5.00. The molecule has 0 N–H and O–H groups in total. The van der Waals surface area contributed by atoms with Crippen molar-refractivity contribution < 1.29 is 19.1 Å². The summed E-state index contributed by atoms with van der Waals surface area (Å²) in [5.41, 5.74) is 1.49. The topological polar surface area (TPSA) is 52.6 Å². The number of esters is 1. The van der Waals surface area contributed by atoms with Gasteiger partial charge in [0, 0.05) is 18.9 Å². The van der Waals surface area contributed by atoms with Crippen LogP contribution in [0.25, 0.3) is 0 Å². The van der Waals surface area contributed by atoms with Crippen molar-refractivity contribution in [3.63, 3.8) is 0 Å². The summed E-state index contributed by atoms with van der Waals surface area (Å²) in [5, 5.41) is 0. The quantitative estimate of drug-likeness (QED) is 0.706. The molecule has 0 saturated heterocycles. The molecule has 1 aromatic rings. The van der Waals surface area contributed by atoms with Crippen LogP contribution in [0.1, 0.15) is 22.8 Å². The van der Waals surface area contributed by atoms with Crippen molar-refractivity contribution in [1.29, 1.82) is 0 Å². The first-order valence-electron chi connectivity index (χ1n) is 5.00. The lowest BCUT2D eigenvalue weighted by atomic mass is 10.1. The number of benzene rings is 1. The summed E-state index contributed by atoms with van der Waals surface area (Å²) < 4.78 is 10.0. The van der Waals surface area contributed by atoms with Crippen molar-refractivity contribution in [3.05, 3.63) is 29.3 Å². The van der Waals surface area contributed by atoms with E-state index in [1.165, 1.54) is 6.92 Å². The first kappa shape index (κ1) is 10.7. The number of carbonyl (C=O) groups excluding carboxylic acids is 2. The van der Waals surface area contributed by atoms with Crippen molar-refractivity contribution in [2.45, 2.75) is 19.4 Å². The average Bonchev–Trinajstić information content (AvgIpc) is 2.54. The van der Waals surface area contributed by atoms with Crippen LogP contribution in [0.4, 0.5) is 0 Å². The third-order valence-corrected chi connectivity index (χ3v) is 2.58. The van der Waals surface area contributed by atoms with Crippen LogP contribution >= 0.6 is 0 Å². The third kappa shape index (κ3) is 1.78. The highest BCUT2D eigenvalue weighted by Crippen LogP contribution is 2.27. The fraction of sp³-hybridized carbons (Fsp3) is 0.333. The molecule has 84 valence electrons. The molecule has 0 heterocycles. The number of ketones is 1. The molecular formula is C12H12O4. The minimum absolute atomic E-state index is 0.132. The molecule has 0 spiro atoms. The van der Waals surface area contributed by atoms with Crippen molar-refractivity contribution in [2.75, 3.05) is 7.11 Å². The molecular weight excluding hydrogens is 208 g/mol. The Bertz CT molecular complexity index is 450. The molecule has 1 aliphatic rings. The van der Waals surface area contributed by atoms with Crippen molar-refractivity contribution in [1.82, 2.24) is 0 Å². The van der Waals surface area contributed by atoms with Gasteiger partial charge in [-0.2, -0.15) is 0 Å². The lowest BCUT2D eigenvalue weighted by Gasteiger charge is -2.06. The molecule has 2 rings (SSSR count). The van der Waals surface area contributed by atoms with Gasteiger partial charge in [0.25, 0.3) is 0 Å². The van der Waals surface area contributed by atoms with E-state index in [1.807, 2.05) is 0 Å². The van der Waals surface area contributed by atoms with Crippen LogP contribution in [0.3, 0.4) is 0 Å². The maximum Gasteiger partial charge on any atom is 0.303 e. The highest BCUT2D eigenvalue weighted by Gasteiger charge is 2.32. The van der Waals surface area contributed by atoms with Crippen LogP contribution in [0.5, 0.6) is 5.75 Å². The molecule has 0 bridgehead atoms. The minimum Gasteiger partial charge on any atom is -0.497 e. The lowest BCUT2D eigenvalue weighted by Crippen LogP contribution is -2.22. The molecule has 16 heavy (non-hydrogen) atoms. The zero-order valence-corrected chi connectivity index (χ0v) is 9.15. The highest BCUT2D eigenvalue weighted by molar-refractivity contribution is 6.04. The first-order chi connectivity index (χ1) is 7.61. The summed E-state index contributed by atoms with van der Waals surface area (Å²) in [5.74, 6) is 0.140. The van der Waals surface area contributed by atoms with Crippen molar-refractivity contribution >= 4 is 11.8 Å². The molecule has 4 nitrogen and oxygen atoms in total. The van der Waals surface area contributed by atoms with Gasteiger partial charge in [-0.15, -0.1) is 0 Å². The van der Waals surface area contributed by atoms with Gasteiger partial charge in [0.2, 0.25) is 5.78 Å².